The van der Waals surface area contributed by atoms with Crippen molar-refractivity contribution < 1.29 is 5.21 Å². The van der Waals surface area contributed by atoms with Gasteiger partial charge in [-0.1, -0.05) is 214 Å². The Balaban J connectivity index is 1.59. The second-order valence-electron chi connectivity index (χ2n) is 22.4. The van der Waals surface area contributed by atoms with E-state index >= 15 is 0 Å². The Kier molecular flexibility index (Phi) is 16.9. The van der Waals surface area contributed by atoms with Crippen molar-refractivity contribution in [2.75, 3.05) is 0 Å². The van der Waals surface area contributed by atoms with Crippen LogP contribution < -0.4 is 4.89 Å². The number of benzene rings is 7. The van der Waals surface area contributed by atoms with Crippen molar-refractivity contribution in [2.45, 2.75) is 164 Å². The van der Waals surface area contributed by atoms with Crippen LogP contribution >= 0.6 is 11.9 Å². The highest BCUT2D eigenvalue weighted by atomic mass is 32.2. The zero-order valence-corrected chi connectivity index (χ0v) is 46.1. The molecule has 0 amide bonds. The molecule has 0 aliphatic heterocycles. The third-order valence-corrected chi connectivity index (χ3v) is 15.2. The highest BCUT2D eigenvalue weighted by Gasteiger charge is 2.22. The summed E-state index contributed by atoms with van der Waals surface area (Å²) in [6.45, 7) is 36.9. The fraction of sp³-hybridized carbons (Fsp3) is 0.373. The third kappa shape index (κ3) is 11.4. The Morgan fingerprint density at radius 1 is 0.314 bits per heavy atom. The van der Waals surface area contributed by atoms with Crippen molar-refractivity contribution in [2.24, 2.45) is 0 Å². The van der Waals surface area contributed by atoms with E-state index in [0.29, 0.717) is 53.1 Å². The molecule has 0 heterocycles. The molecule has 7 aromatic rings. The van der Waals surface area contributed by atoms with Crippen LogP contribution in [-0.2, 0) is 5.75 Å². The van der Waals surface area contributed by atoms with Crippen LogP contribution in [0.1, 0.15) is 208 Å². The summed E-state index contributed by atoms with van der Waals surface area (Å²) in [5.41, 5.74) is 26.8. The van der Waals surface area contributed by atoms with Crippen LogP contribution in [0.2, 0.25) is 0 Å². The molecule has 0 aromatic heterocycles. The summed E-state index contributed by atoms with van der Waals surface area (Å²) in [6.07, 6.45) is 0. The zero-order valence-electron chi connectivity index (χ0n) is 45.3. The van der Waals surface area contributed by atoms with E-state index in [0.717, 1.165) is 0 Å². The standard InChI is InChI=1S/C67H81NOS/c1-39(2)47-20-24-57(43(9)10)63(34-47)53-28-51(29-54(32-53)64-35-48(40(3)4)21-25-58(64)44(11)12)61-18-17-19-62(67(61)38-70-68-69)52-30-55(65-36-49(41(5)6)22-26-59(65)45(13)14)33-56(31-52)66-37-50(42(7)8)23-27-60(66)46(15)16/h17-37,39-46,68-69H,38H2,1-16H3. The van der Waals surface area contributed by atoms with E-state index < -0.39 is 0 Å². The first kappa shape index (κ1) is 52.6. The molecule has 0 bridgehead atoms. The Morgan fingerprint density at radius 3 is 0.771 bits per heavy atom. The molecule has 0 unspecified atom stereocenters. The minimum atomic E-state index is 0.348. The molecule has 0 atom stereocenters. The number of hydrogen-bond donors (Lipinski definition) is 2. The molecule has 2 N–H and O–H groups in total. The smallest absolute Gasteiger partial charge is 0.0363 e. The van der Waals surface area contributed by atoms with E-state index in [1.165, 1.54) is 129 Å². The number of nitrogens with one attached hydrogen (secondary N) is 1. The van der Waals surface area contributed by atoms with Gasteiger partial charge in [-0.05, 0) is 201 Å². The van der Waals surface area contributed by atoms with Gasteiger partial charge in [0.05, 0.1) is 0 Å². The summed E-state index contributed by atoms with van der Waals surface area (Å²) >= 11 is 1.33. The second kappa shape index (κ2) is 22.5. The van der Waals surface area contributed by atoms with Crippen molar-refractivity contribution in [1.29, 1.82) is 0 Å². The predicted molar refractivity (Wildman–Crippen MR) is 308 cm³/mol. The molecule has 7 rings (SSSR count). The van der Waals surface area contributed by atoms with Gasteiger partial charge in [0.2, 0.25) is 0 Å². The summed E-state index contributed by atoms with van der Waals surface area (Å²) in [5, 5.41) is 10.3. The van der Waals surface area contributed by atoms with Crippen LogP contribution in [0.25, 0.3) is 66.8 Å². The molecule has 0 radical (unpaired) electrons. The summed E-state index contributed by atoms with van der Waals surface area (Å²) in [6, 6.07) is 50.1. The topological polar surface area (TPSA) is 32.3 Å². The van der Waals surface area contributed by atoms with Crippen molar-refractivity contribution in [3.05, 3.63) is 177 Å². The largest absolute Gasteiger partial charge is 0.306 e. The lowest BCUT2D eigenvalue weighted by atomic mass is 9.82. The van der Waals surface area contributed by atoms with Gasteiger partial charge in [0, 0.05) is 5.75 Å². The zero-order chi connectivity index (χ0) is 50.7. The molecule has 0 aliphatic rings. The van der Waals surface area contributed by atoms with Crippen LogP contribution in [0.3, 0.4) is 0 Å². The van der Waals surface area contributed by atoms with Crippen LogP contribution in [0.5, 0.6) is 0 Å². The SMILES string of the molecule is CC(C)c1ccc(C(C)C)c(-c2cc(-c3cc(C(C)C)ccc3C(C)C)cc(-c3cccc(-c4cc(-c5cc(C(C)C)ccc5C(C)C)cc(-c5cc(C(C)C)ccc5C(C)C)c4)c3CSNO)c2)c1. The van der Waals surface area contributed by atoms with E-state index in [1.54, 1.807) is 0 Å². The quantitative estimate of drug-likeness (QED) is 0.0705. The van der Waals surface area contributed by atoms with Gasteiger partial charge >= 0.3 is 0 Å². The molecule has 0 fully saturated rings. The van der Waals surface area contributed by atoms with Gasteiger partial charge < -0.3 is 5.21 Å². The van der Waals surface area contributed by atoms with Gasteiger partial charge in [-0.2, -0.15) is 0 Å². The first-order chi connectivity index (χ1) is 33.3. The minimum absolute atomic E-state index is 0.348. The van der Waals surface area contributed by atoms with Crippen LogP contribution in [-0.4, -0.2) is 5.21 Å². The summed E-state index contributed by atoms with van der Waals surface area (Å²) in [4.78, 5) is 2.49. The van der Waals surface area contributed by atoms with Crippen LogP contribution in [0.4, 0.5) is 0 Å². The van der Waals surface area contributed by atoms with Crippen molar-refractivity contribution in [3.8, 4) is 66.8 Å². The molecular weight excluding hydrogens is 867 g/mol. The fourth-order valence-corrected chi connectivity index (χ4v) is 10.8. The van der Waals surface area contributed by atoms with Gasteiger partial charge in [-0.15, -0.1) is 4.89 Å². The molecule has 0 saturated heterocycles. The lowest BCUT2D eigenvalue weighted by Crippen LogP contribution is -2.01. The molecule has 0 spiro atoms. The average molecular weight is 948 g/mol. The Labute approximate surface area is 427 Å². The van der Waals surface area contributed by atoms with E-state index in [-0.39, 0.29) is 0 Å². The Hall–Kier alpha value is -5.19. The first-order valence-corrected chi connectivity index (χ1v) is 27.3. The highest BCUT2D eigenvalue weighted by molar-refractivity contribution is 7.96. The lowest BCUT2D eigenvalue weighted by Gasteiger charge is -2.23. The van der Waals surface area contributed by atoms with Gasteiger partial charge in [-0.3, -0.25) is 0 Å². The molecule has 366 valence electrons. The molecule has 2 nitrogen and oxygen atoms in total. The molecule has 7 aromatic carbocycles. The molecule has 0 aliphatic carbocycles. The monoisotopic (exact) mass is 948 g/mol. The number of hydrogen-bond acceptors (Lipinski definition) is 3. The van der Waals surface area contributed by atoms with Gasteiger partial charge in [0.15, 0.2) is 0 Å². The van der Waals surface area contributed by atoms with E-state index in [9.17, 15) is 5.21 Å². The minimum Gasteiger partial charge on any atom is -0.306 e. The van der Waals surface area contributed by atoms with E-state index in [4.69, 9.17) is 0 Å². The third-order valence-electron chi connectivity index (χ3n) is 14.7. The normalized spacial score (nSPS) is 12.1. The Bertz CT molecular complexity index is 2590. The van der Waals surface area contributed by atoms with Gasteiger partial charge in [0.25, 0.3) is 0 Å². The maximum absolute atomic E-state index is 10.3. The summed E-state index contributed by atoms with van der Waals surface area (Å²) in [5.74, 6) is 3.56. The summed E-state index contributed by atoms with van der Waals surface area (Å²) in [7, 11) is 0. The predicted octanol–water partition coefficient (Wildman–Crippen LogP) is 20.8. The maximum Gasteiger partial charge on any atom is 0.0363 e. The lowest BCUT2D eigenvalue weighted by molar-refractivity contribution is 0.258. The highest BCUT2D eigenvalue weighted by Crippen LogP contribution is 2.45. The fourth-order valence-electron chi connectivity index (χ4n) is 10.3. The van der Waals surface area contributed by atoms with Crippen LogP contribution in [0, 0.1) is 0 Å². The van der Waals surface area contributed by atoms with Gasteiger partial charge in [-0.25, -0.2) is 0 Å². The van der Waals surface area contributed by atoms with Gasteiger partial charge in [0.1, 0.15) is 0 Å². The van der Waals surface area contributed by atoms with Crippen molar-refractivity contribution in [1.82, 2.24) is 4.89 Å². The van der Waals surface area contributed by atoms with Crippen LogP contribution in [0.15, 0.2) is 127 Å². The first-order valence-electron chi connectivity index (χ1n) is 26.3. The second-order valence-corrected chi connectivity index (χ2v) is 23.2. The maximum atomic E-state index is 10.3. The number of rotatable bonds is 17. The molecule has 0 saturated carbocycles. The van der Waals surface area contributed by atoms with Crippen molar-refractivity contribution in [3.63, 3.8) is 0 Å². The Morgan fingerprint density at radius 2 is 0.557 bits per heavy atom. The molecule has 3 heteroatoms. The van der Waals surface area contributed by atoms with Crippen molar-refractivity contribution >= 4 is 11.9 Å². The van der Waals surface area contributed by atoms with E-state index in [1.807, 2.05) is 0 Å². The molecular formula is C67H81NOS. The summed E-state index contributed by atoms with van der Waals surface area (Å²) < 4.78 is 0. The molecule has 70 heavy (non-hydrogen) atoms. The average Bonchev–Trinajstić information content (AvgIpc) is 3.34. The van der Waals surface area contributed by atoms with E-state index in [2.05, 4.69) is 243 Å².